The van der Waals surface area contributed by atoms with Crippen LogP contribution in [0.1, 0.15) is 12.8 Å². The fourth-order valence-electron chi connectivity index (χ4n) is 2.83. The van der Waals surface area contributed by atoms with Crippen molar-refractivity contribution in [2.75, 3.05) is 13.2 Å². The predicted octanol–water partition coefficient (Wildman–Crippen LogP) is 0.799. The maximum absolute atomic E-state index is 9.12. The van der Waals surface area contributed by atoms with Gasteiger partial charge >= 0.3 is 0 Å². The molecule has 2 N–H and O–H groups in total. The summed E-state index contributed by atoms with van der Waals surface area (Å²) in [6, 6.07) is 0. The Morgan fingerprint density at radius 1 is 1.17 bits per heavy atom. The largest absolute Gasteiger partial charge is 0.396 e. The Labute approximate surface area is 72.9 Å². The number of hydrogen-bond donors (Lipinski definition) is 2. The molecule has 2 heteroatoms. The van der Waals surface area contributed by atoms with Gasteiger partial charge in [-0.15, -0.1) is 0 Å². The van der Waals surface area contributed by atoms with Gasteiger partial charge in [-0.05, 0) is 36.5 Å². The molecule has 2 aliphatic rings. The van der Waals surface area contributed by atoms with Crippen molar-refractivity contribution in [2.24, 2.45) is 23.7 Å². The second-order valence-corrected chi connectivity index (χ2v) is 4.03. The van der Waals surface area contributed by atoms with Gasteiger partial charge in [-0.2, -0.15) is 0 Å². The molecule has 4 atom stereocenters. The van der Waals surface area contributed by atoms with Gasteiger partial charge < -0.3 is 10.2 Å². The van der Waals surface area contributed by atoms with E-state index < -0.39 is 0 Å². The molecule has 2 nitrogen and oxygen atoms in total. The number of aliphatic hydroxyl groups excluding tert-OH is 2. The monoisotopic (exact) mass is 168 g/mol. The lowest BCUT2D eigenvalue weighted by Gasteiger charge is -2.16. The van der Waals surface area contributed by atoms with Gasteiger partial charge in [-0.3, -0.25) is 0 Å². The lowest BCUT2D eigenvalue weighted by molar-refractivity contribution is 0.189. The zero-order chi connectivity index (χ0) is 8.55. The van der Waals surface area contributed by atoms with E-state index in [2.05, 4.69) is 12.2 Å². The van der Waals surface area contributed by atoms with E-state index in [4.69, 9.17) is 10.2 Å². The third kappa shape index (κ3) is 1.10. The van der Waals surface area contributed by atoms with Gasteiger partial charge in [0.15, 0.2) is 0 Å². The van der Waals surface area contributed by atoms with Crippen LogP contribution in [-0.4, -0.2) is 23.4 Å². The molecule has 0 aromatic carbocycles. The number of fused-ring (bicyclic) bond motifs is 1. The Bertz CT molecular complexity index is 188. The molecule has 0 aromatic rings. The van der Waals surface area contributed by atoms with E-state index in [-0.39, 0.29) is 6.61 Å². The summed E-state index contributed by atoms with van der Waals surface area (Å²) in [6.07, 6.45) is 6.53. The first kappa shape index (κ1) is 8.27. The first-order valence-corrected chi connectivity index (χ1v) is 4.75. The fourth-order valence-corrected chi connectivity index (χ4v) is 2.83. The molecular weight excluding hydrogens is 152 g/mol. The molecule has 1 saturated carbocycles. The standard InChI is InChI=1S/C10H16O2/c11-5-7-4-8(6-12)10-3-1-2-9(7)10/h1-2,7-12H,3-6H2/t7-,8+,9+,10-/m0/s1. The Hall–Kier alpha value is -0.340. The highest BCUT2D eigenvalue weighted by molar-refractivity contribution is 5.09. The van der Waals surface area contributed by atoms with Crippen LogP contribution in [0.25, 0.3) is 0 Å². The van der Waals surface area contributed by atoms with Crippen molar-refractivity contribution in [3.8, 4) is 0 Å². The average Bonchev–Trinajstić information content (AvgIpc) is 2.63. The first-order chi connectivity index (χ1) is 5.86. The Kier molecular flexibility index (Phi) is 2.20. The van der Waals surface area contributed by atoms with Crippen LogP contribution in [0, 0.1) is 23.7 Å². The second-order valence-electron chi connectivity index (χ2n) is 4.03. The second kappa shape index (κ2) is 3.19. The topological polar surface area (TPSA) is 40.5 Å². The van der Waals surface area contributed by atoms with Crippen LogP contribution in [0.15, 0.2) is 12.2 Å². The Balaban J connectivity index is 2.09. The molecular formula is C10H16O2. The van der Waals surface area contributed by atoms with Gasteiger partial charge in [-0.1, -0.05) is 12.2 Å². The molecule has 0 unspecified atom stereocenters. The van der Waals surface area contributed by atoms with Crippen LogP contribution in [-0.2, 0) is 0 Å². The summed E-state index contributed by atoms with van der Waals surface area (Å²) in [5.74, 6) is 2.01. The molecule has 0 saturated heterocycles. The van der Waals surface area contributed by atoms with E-state index in [1.165, 1.54) is 0 Å². The van der Waals surface area contributed by atoms with E-state index in [0.29, 0.717) is 30.3 Å². The molecule has 12 heavy (non-hydrogen) atoms. The van der Waals surface area contributed by atoms with Gasteiger partial charge in [-0.25, -0.2) is 0 Å². The third-order valence-corrected chi connectivity index (χ3v) is 3.49. The van der Waals surface area contributed by atoms with E-state index in [9.17, 15) is 0 Å². The molecule has 2 rings (SSSR count). The first-order valence-electron chi connectivity index (χ1n) is 4.75. The average molecular weight is 168 g/mol. The van der Waals surface area contributed by atoms with Crippen LogP contribution in [0.5, 0.6) is 0 Å². The lowest BCUT2D eigenvalue weighted by Crippen LogP contribution is -2.14. The molecule has 68 valence electrons. The van der Waals surface area contributed by atoms with E-state index in [0.717, 1.165) is 12.8 Å². The van der Waals surface area contributed by atoms with Crippen molar-refractivity contribution in [1.82, 2.24) is 0 Å². The summed E-state index contributed by atoms with van der Waals surface area (Å²) in [4.78, 5) is 0. The molecule has 2 aliphatic carbocycles. The van der Waals surface area contributed by atoms with Crippen molar-refractivity contribution in [2.45, 2.75) is 12.8 Å². The maximum Gasteiger partial charge on any atom is 0.0465 e. The van der Waals surface area contributed by atoms with Gasteiger partial charge in [0.05, 0.1) is 0 Å². The number of rotatable bonds is 2. The molecule has 0 bridgehead atoms. The highest BCUT2D eigenvalue weighted by atomic mass is 16.3. The number of allylic oxidation sites excluding steroid dienone is 2. The van der Waals surface area contributed by atoms with Crippen molar-refractivity contribution >= 4 is 0 Å². The number of aliphatic hydroxyl groups is 2. The van der Waals surface area contributed by atoms with Crippen LogP contribution in [0.4, 0.5) is 0 Å². The normalized spacial score (nSPS) is 45.2. The van der Waals surface area contributed by atoms with Gasteiger partial charge in [0.25, 0.3) is 0 Å². The number of hydrogen-bond acceptors (Lipinski definition) is 2. The smallest absolute Gasteiger partial charge is 0.0465 e. The quantitative estimate of drug-likeness (QED) is 0.599. The fraction of sp³-hybridized carbons (Fsp3) is 0.800. The Morgan fingerprint density at radius 3 is 2.58 bits per heavy atom. The van der Waals surface area contributed by atoms with Crippen molar-refractivity contribution < 1.29 is 10.2 Å². The molecule has 0 aliphatic heterocycles. The van der Waals surface area contributed by atoms with E-state index >= 15 is 0 Å². The molecule has 0 amide bonds. The zero-order valence-electron chi connectivity index (χ0n) is 7.19. The predicted molar refractivity (Wildman–Crippen MR) is 46.5 cm³/mol. The van der Waals surface area contributed by atoms with Gasteiger partial charge in [0.1, 0.15) is 0 Å². The maximum atomic E-state index is 9.12. The van der Waals surface area contributed by atoms with Crippen molar-refractivity contribution in [3.05, 3.63) is 12.2 Å². The van der Waals surface area contributed by atoms with Crippen LogP contribution < -0.4 is 0 Å². The van der Waals surface area contributed by atoms with Crippen LogP contribution in [0.3, 0.4) is 0 Å². The van der Waals surface area contributed by atoms with Crippen molar-refractivity contribution in [1.29, 1.82) is 0 Å². The van der Waals surface area contributed by atoms with Crippen LogP contribution in [0.2, 0.25) is 0 Å². The lowest BCUT2D eigenvalue weighted by atomic mass is 9.90. The Morgan fingerprint density at radius 2 is 1.92 bits per heavy atom. The van der Waals surface area contributed by atoms with Crippen LogP contribution >= 0.6 is 0 Å². The van der Waals surface area contributed by atoms with Gasteiger partial charge in [0, 0.05) is 13.2 Å². The minimum atomic E-state index is 0.280. The van der Waals surface area contributed by atoms with Crippen molar-refractivity contribution in [3.63, 3.8) is 0 Å². The summed E-state index contributed by atoms with van der Waals surface area (Å²) in [5, 5.41) is 18.2. The molecule has 0 heterocycles. The van der Waals surface area contributed by atoms with Gasteiger partial charge in [0.2, 0.25) is 0 Å². The SMILES string of the molecule is OC[C@@H]1C[C@H](CO)[C@@H]2CC=C[C@H]12. The molecule has 0 aromatic heterocycles. The summed E-state index contributed by atoms with van der Waals surface area (Å²) >= 11 is 0. The summed E-state index contributed by atoms with van der Waals surface area (Å²) in [6.45, 7) is 0.571. The minimum Gasteiger partial charge on any atom is -0.396 e. The molecule has 0 radical (unpaired) electrons. The molecule has 1 fully saturated rings. The third-order valence-electron chi connectivity index (χ3n) is 3.49. The summed E-state index contributed by atoms with van der Waals surface area (Å²) < 4.78 is 0. The molecule has 0 spiro atoms. The van der Waals surface area contributed by atoms with E-state index in [1.54, 1.807) is 0 Å². The van der Waals surface area contributed by atoms with E-state index in [1.807, 2.05) is 0 Å². The highest BCUT2D eigenvalue weighted by Crippen LogP contribution is 2.47. The zero-order valence-corrected chi connectivity index (χ0v) is 7.19. The summed E-state index contributed by atoms with van der Waals surface area (Å²) in [7, 11) is 0. The summed E-state index contributed by atoms with van der Waals surface area (Å²) in [5.41, 5.74) is 0. The minimum absolute atomic E-state index is 0.280. The highest BCUT2D eigenvalue weighted by Gasteiger charge is 2.42.